The Bertz CT molecular complexity index is 1430. The summed E-state index contributed by atoms with van der Waals surface area (Å²) in [4.78, 5) is 61.3. The van der Waals surface area contributed by atoms with Crippen molar-refractivity contribution in [1.29, 1.82) is 0 Å². The molecule has 10 heteroatoms. The number of aliphatic imine (C=N–C) groups is 1. The van der Waals surface area contributed by atoms with E-state index < -0.39 is 23.1 Å². The van der Waals surface area contributed by atoms with Crippen LogP contribution in [0.2, 0.25) is 0 Å². The molecule has 1 aromatic heterocycles. The average Bonchev–Trinajstić information content (AvgIpc) is 2.75. The molecule has 0 spiro atoms. The van der Waals surface area contributed by atoms with Crippen molar-refractivity contribution < 1.29 is 19.1 Å². The second-order valence-electron chi connectivity index (χ2n) is 9.52. The summed E-state index contributed by atoms with van der Waals surface area (Å²) in [6, 6.07) is 5.06. The van der Waals surface area contributed by atoms with Gasteiger partial charge in [-0.2, -0.15) is 0 Å². The van der Waals surface area contributed by atoms with Gasteiger partial charge >= 0.3 is 5.69 Å². The minimum absolute atomic E-state index is 0.154. The van der Waals surface area contributed by atoms with Gasteiger partial charge in [0.05, 0.1) is 31.3 Å². The first-order chi connectivity index (χ1) is 16.1. The molecule has 3 N–H and O–H groups in total. The fourth-order valence-corrected chi connectivity index (χ4v) is 5.16. The van der Waals surface area contributed by atoms with Gasteiger partial charge < -0.3 is 14.8 Å². The third-order valence-corrected chi connectivity index (χ3v) is 6.55. The van der Waals surface area contributed by atoms with Gasteiger partial charge in [0.25, 0.3) is 5.56 Å². The number of H-pyrrole nitrogens is 2. The predicted molar refractivity (Wildman–Crippen MR) is 124 cm³/mol. The Morgan fingerprint density at radius 1 is 0.971 bits per heavy atom. The van der Waals surface area contributed by atoms with E-state index in [-0.39, 0.29) is 46.2 Å². The topological polar surface area (TPSA) is 143 Å². The molecule has 0 radical (unpaired) electrons. The van der Waals surface area contributed by atoms with E-state index in [2.05, 4.69) is 20.3 Å². The molecule has 3 heterocycles. The third-order valence-electron chi connectivity index (χ3n) is 6.55. The molecule has 2 aromatic rings. The highest BCUT2D eigenvalue weighted by Gasteiger charge is 2.49. The quantitative estimate of drug-likeness (QED) is 0.589. The van der Waals surface area contributed by atoms with E-state index in [0.29, 0.717) is 29.2 Å². The Balaban J connectivity index is 1.77. The van der Waals surface area contributed by atoms with E-state index in [4.69, 9.17) is 9.47 Å². The first kappa shape index (κ1) is 21.9. The van der Waals surface area contributed by atoms with E-state index in [0.717, 1.165) is 0 Å². The summed E-state index contributed by atoms with van der Waals surface area (Å²) >= 11 is 0. The molecule has 2 aliphatic heterocycles. The maximum Gasteiger partial charge on any atom is 0.327 e. The summed E-state index contributed by atoms with van der Waals surface area (Å²) in [5.74, 6) is -1.15. The summed E-state index contributed by atoms with van der Waals surface area (Å²) in [6.45, 7) is 3.93. The number of aromatic amines is 2. The Hall–Kier alpha value is -3.95. The fraction of sp³-hybridized carbons (Fsp3) is 0.375. The summed E-state index contributed by atoms with van der Waals surface area (Å²) in [5, 5.41) is 2.97. The number of benzene rings is 1. The molecule has 0 saturated heterocycles. The van der Waals surface area contributed by atoms with Crippen molar-refractivity contribution in [1.82, 2.24) is 9.97 Å². The zero-order valence-corrected chi connectivity index (χ0v) is 19.2. The number of fused-ring (bicyclic) bond motifs is 2. The molecule has 1 fully saturated rings. The number of allylic oxidation sites excluding steroid dienone is 1. The minimum atomic E-state index is -0.973. The molecule has 3 aliphatic rings. The van der Waals surface area contributed by atoms with Crippen LogP contribution in [0.1, 0.15) is 43.7 Å². The molecule has 2 atom stereocenters. The lowest BCUT2D eigenvalue weighted by molar-refractivity contribution is -0.130. The van der Waals surface area contributed by atoms with Crippen molar-refractivity contribution in [2.45, 2.75) is 32.6 Å². The maximum absolute atomic E-state index is 13.8. The normalized spacial score (nSPS) is 22.8. The number of Topliss-reactive ketones (excluding diaryl/α,β-unsaturated/α-hetero) is 2. The molecular weight excluding hydrogens is 440 g/mol. The molecule has 1 aliphatic carbocycles. The third kappa shape index (κ3) is 3.28. The number of ketones is 2. The Kier molecular flexibility index (Phi) is 4.85. The molecule has 0 bridgehead atoms. The molecular formula is C24H24N4O6. The van der Waals surface area contributed by atoms with Crippen LogP contribution in [-0.2, 0) is 9.59 Å². The van der Waals surface area contributed by atoms with Gasteiger partial charge in [-0.05, 0) is 29.5 Å². The lowest BCUT2D eigenvalue weighted by Crippen LogP contribution is -2.47. The highest BCUT2D eigenvalue weighted by atomic mass is 16.5. The van der Waals surface area contributed by atoms with E-state index in [1.54, 1.807) is 18.2 Å². The average molecular weight is 464 g/mol. The molecule has 176 valence electrons. The number of hydrogen-bond donors (Lipinski definition) is 3. The van der Waals surface area contributed by atoms with Crippen LogP contribution < -0.4 is 26.0 Å². The molecule has 34 heavy (non-hydrogen) atoms. The van der Waals surface area contributed by atoms with Crippen LogP contribution >= 0.6 is 0 Å². The van der Waals surface area contributed by atoms with Crippen LogP contribution in [0.5, 0.6) is 11.5 Å². The van der Waals surface area contributed by atoms with E-state index in [9.17, 15) is 19.2 Å². The molecule has 10 nitrogen and oxygen atoms in total. The number of hydrogen-bond acceptors (Lipinski definition) is 8. The highest BCUT2D eigenvalue weighted by molar-refractivity contribution is 6.29. The lowest BCUT2D eigenvalue weighted by Gasteiger charge is -2.39. The van der Waals surface area contributed by atoms with Crippen molar-refractivity contribution >= 4 is 23.1 Å². The zero-order valence-electron chi connectivity index (χ0n) is 19.2. The number of nitrogens with zero attached hydrogens (tertiary/aromatic N) is 1. The monoisotopic (exact) mass is 464 g/mol. The number of carbonyl (C=O) groups is 2. The molecule has 1 saturated carbocycles. The van der Waals surface area contributed by atoms with Crippen molar-refractivity contribution in [2.24, 2.45) is 16.3 Å². The summed E-state index contributed by atoms with van der Waals surface area (Å²) in [5.41, 5.74) is -0.226. The SMILES string of the molecule is COc1ccc(C2C3=C(N=C4CC(C)(C)CC(=O)C4C3=O)Nc3[nH]c(=O)[nH]c(=O)c32)cc1OC. The minimum Gasteiger partial charge on any atom is -0.493 e. The number of nitrogens with one attached hydrogen (secondary N) is 3. The number of carbonyl (C=O) groups excluding carboxylic acids is 2. The van der Waals surface area contributed by atoms with E-state index in [1.807, 2.05) is 13.8 Å². The Labute approximate surface area is 194 Å². The van der Waals surface area contributed by atoms with E-state index in [1.165, 1.54) is 14.2 Å². The van der Waals surface area contributed by atoms with Gasteiger partial charge in [0.15, 0.2) is 17.3 Å². The van der Waals surface area contributed by atoms with Crippen LogP contribution in [0.4, 0.5) is 5.82 Å². The van der Waals surface area contributed by atoms with Crippen LogP contribution in [0.15, 0.2) is 44.2 Å². The van der Waals surface area contributed by atoms with Gasteiger partial charge in [0.1, 0.15) is 23.3 Å². The van der Waals surface area contributed by atoms with Gasteiger partial charge in [-0.15, -0.1) is 0 Å². The highest BCUT2D eigenvalue weighted by Crippen LogP contribution is 2.47. The van der Waals surface area contributed by atoms with Crippen molar-refractivity contribution in [3.8, 4) is 11.5 Å². The van der Waals surface area contributed by atoms with E-state index >= 15 is 0 Å². The van der Waals surface area contributed by atoms with Gasteiger partial charge in [0.2, 0.25) is 0 Å². The molecule has 1 aromatic carbocycles. The second kappa shape index (κ2) is 7.54. The molecule has 5 rings (SSSR count). The maximum atomic E-state index is 13.8. The van der Waals surface area contributed by atoms with Crippen LogP contribution in [0.3, 0.4) is 0 Å². The Morgan fingerprint density at radius 2 is 1.71 bits per heavy atom. The van der Waals surface area contributed by atoms with Gasteiger partial charge in [-0.25, -0.2) is 9.79 Å². The van der Waals surface area contributed by atoms with Crippen molar-refractivity contribution in [3.05, 3.63) is 61.6 Å². The van der Waals surface area contributed by atoms with Gasteiger partial charge in [-0.3, -0.25) is 24.4 Å². The first-order valence-electron chi connectivity index (χ1n) is 10.9. The number of methoxy groups -OCH3 is 2. The van der Waals surface area contributed by atoms with Crippen LogP contribution in [0.25, 0.3) is 0 Å². The van der Waals surface area contributed by atoms with Crippen LogP contribution in [0, 0.1) is 11.3 Å². The Morgan fingerprint density at radius 3 is 2.41 bits per heavy atom. The number of rotatable bonds is 3. The second-order valence-corrected chi connectivity index (χ2v) is 9.52. The van der Waals surface area contributed by atoms with Crippen molar-refractivity contribution in [2.75, 3.05) is 19.5 Å². The number of aromatic nitrogens is 2. The summed E-state index contributed by atoms with van der Waals surface area (Å²) in [7, 11) is 2.99. The zero-order chi connectivity index (χ0) is 24.4. The molecule has 0 amide bonds. The largest absolute Gasteiger partial charge is 0.493 e. The summed E-state index contributed by atoms with van der Waals surface area (Å²) < 4.78 is 10.7. The van der Waals surface area contributed by atoms with Gasteiger partial charge in [-0.1, -0.05) is 19.9 Å². The smallest absolute Gasteiger partial charge is 0.327 e. The molecule has 2 unspecified atom stereocenters. The summed E-state index contributed by atoms with van der Waals surface area (Å²) in [6.07, 6.45) is 0.761. The number of anilines is 1. The van der Waals surface area contributed by atoms with Crippen molar-refractivity contribution in [3.63, 3.8) is 0 Å². The van der Waals surface area contributed by atoms with Crippen LogP contribution in [-0.4, -0.2) is 41.5 Å². The predicted octanol–water partition coefficient (Wildman–Crippen LogP) is 1.88. The lowest BCUT2D eigenvalue weighted by atomic mass is 9.66. The fourth-order valence-electron chi connectivity index (χ4n) is 5.16. The van der Waals surface area contributed by atoms with Gasteiger partial charge in [0, 0.05) is 12.1 Å². The number of ether oxygens (including phenoxy) is 2. The first-order valence-corrected chi connectivity index (χ1v) is 10.9. The standard InChI is InChI=1S/C24H24N4O6/c1-24(2)8-11-16(12(29)9-24)19(30)17-15(10-5-6-13(33-3)14(7-10)34-4)18-21(26-20(17)25-11)27-23(32)28-22(18)31/h5-7,15-16H,8-9H2,1-4H3,(H3,26,27,28,31,32).